The monoisotopic (exact) mass is 130 g/mol. The van der Waals surface area contributed by atoms with Gasteiger partial charge < -0.3 is 0 Å². The topological polar surface area (TPSA) is 0 Å². The molecule has 0 aliphatic heterocycles. The zero-order chi connectivity index (χ0) is 5.54. The smallest absolute Gasteiger partial charge is 0.00236 e. The lowest BCUT2D eigenvalue weighted by Crippen LogP contribution is -1.33. The van der Waals surface area contributed by atoms with Gasteiger partial charge in [-0.25, -0.2) is 0 Å². The predicted molar refractivity (Wildman–Crippen MR) is 40.6 cm³/mol. The first-order valence-corrected chi connectivity index (χ1v) is 3.70. The van der Waals surface area contributed by atoms with Crippen LogP contribution in [0.1, 0.15) is 6.92 Å². The maximum Gasteiger partial charge on any atom is -0.00236 e. The van der Waals surface area contributed by atoms with Crippen molar-refractivity contribution in [3.05, 3.63) is 11.6 Å². The summed E-state index contributed by atoms with van der Waals surface area (Å²) in [6.45, 7) is 1.85. The standard InChI is InChI=1S/C5H8P2/c1-2-4-7-5-3-6/h3,5,7H,6H2,1H3. The molecule has 0 spiro atoms. The van der Waals surface area contributed by atoms with Gasteiger partial charge in [0.25, 0.3) is 0 Å². The van der Waals surface area contributed by atoms with Crippen LogP contribution >= 0.6 is 17.8 Å². The SMILES string of the molecule is CC#CPC=CP. The molecule has 0 aliphatic rings. The predicted octanol–water partition coefficient (Wildman–Crippen LogP) is 1.99. The molecule has 7 heavy (non-hydrogen) atoms. The average molecular weight is 130 g/mol. The molecule has 2 atom stereocenters. The van der Waals surface area contributed by atoms with Gasteiger partial charge in [0, 0.05) is 0 Å². The molecule has 2 heteroatoms. The van der Waals surface area contributed by atoms with E-state index in [0.717, 1.165) is 0 Å². The van der Waals surface area contributed by atoms with Crippen molar-refractivity contribution >= 4 is 17.8 Å². The highest BCUT2D eigenvalue weighted by Crippen LogP contribution is 2.08. The molecule has 0 aromatic heterocycles. The molecule has 0 aromatic carbocycles. The summed E-state index contributed by atoms with van der Waals surface area (Å²) in [6.07, 6.45) is 0. The van der Waals surface area contributed by atoms with Crippen LogP contribution in [0.15, 0.2) is 11.6 Å². The number of rotatable bonds is 1. The van der Waals surface area contributed by atoms with Crippen LogP contribution in [0, 0.1) is 11.6 Å². The van der Waals surface area contributed by atoms with Gasteiger partial charge in [0.15, 0.2) is 0 Å². The van der Waals surface area contributed by atoms with E-state index in [4.69, 9.17) is 0 Å². The molecule has 0 fully saturated rings. The van der Waals surface area contributed by atoms with Crippen LogP contribution in [0.2, 0.25) is 0 Å². The second kappa shape index (κ2) is 6.16. The van der Waals surface area contributed by atoms with Gasteiger partial charge in [-0.2, -0.15) is 0 Å². The maximum absolute atomic E-state index is 2.93. The molecule has 0 aromatic rings. The zero-order valence-electron chi connectivity index (χ0n) is 4.23. The highest BCUT2D eigenvalue weighted by Gasteiger charge is 1.59. The molecule has 0 nitrogen and oxygen atoms in total. The van der Waals surface area contributed by atoms with E-state index in [9.17, 15) is 0 Å². The maximum atomic E-state index is 2.93. The summed E-state index contributed by atoms with van der Waals surface area (Å²) in [5.74, 6) is 6.77. The van der Waals surface area contributed by atoms with Crippen LogP contribution in [-0.2, 0) is 0 Å². The largest absolute Gasteiger partial charge is 0.114 e. The van der Waals surface area contributed by atoms with Crippen LogP contribution in [0.5, 0.6) is 0 Å². The third-order valence-corrected chi connectivity index (χ3v) is 1.71. The van der Waals surface area contributed by atoms with Crippen molar-refractivity contribution in [1.29, 1.82) is 0 Å². The highest BCUT2D eigenvalue weighted by molar-refractivity contribution is 7.48. The minimum Gasteiger partial charge on any atom is -0.114 e. The minimum absolute atomic E-state index is 0.670. The van der Waals surface area contributed by atoms with E-state index in [1.54, 1.807) is 0 Å². The quantitative estimate of drug-likeness (QED) is 0.376. The lowest BCUT2D eigenvalue weighted by atomic mass is 10.8. The van der Waals surface area contributed by atoms with Gasteiger partial charge in [0.2, 0.25) is 0 Å². The molecule has 0 aliphatic carbocycles. The molecule has 0 amide bonds. The normalized spacial score (nSPS) is 10.0. The molecule has 0 heterocycles. The van der Waals surface area contributed by atoms with Crippen molar-refractivity contribution in [2.24, 2.45) is 0 Å². The Bertz CT molecular complexity index is 105. The van der Waals surface area contributed by atoms with Gasteiger partial charge >= 0.3 is 0 Å². The van der Waals surface area contributed by atoms with Crippen molar-refractivity contribution in [2.75, 3.05) is 0 Å². The van der Waals surface area contributed by atoms with Crippen LogP contribution in [0.4, 0.5) is 0 Å². The molecule has 0 saturated carbocycles. The van der Waals surface area contributed by atoms with E-state index in [1.807, 2.05) is 18.6 Å². The lowest BCUT2D eigenvalue weighted by Gasteiger charge is -1.69. The van der Waals surface area contributed by atoms with Gasteiger partial charge in [-0.05, 0) is 15.5 Å². The summed E-state index contributed by atoms with van der Waals surface area (Å²) in [6, 6.07) is 0. The molecule has 0 radical (unpaired) electrons. The third-order valence-electron chi connectivity index (χ3n) is 0.377. The zero-order valence-corrected chi connectivity index (χ0v) is 6.39. The fraction of sp³-hybridized carbons (Fsp3) is 0.200. The summed E-state index contributed by atoms with van der Waals surface area (Å²) in [5.41, 5.74) is 2.93. The van der Waals surface area contributed by atoms with Crippen molar-refractivity contribution in [3.8, 4) is 11.6 Å². The first-order chi connectivity index (χ1) is 3.41. The first kappa shape index (κ1) is 7.16. The van der Waals surface area contributed by atoms with Crippen molar-refractivity contribution in [2.45, 2.75) is 6.92 Å². The third kappa shape index (κ3) is 6.16. The summed E-state index contributed by atoms with van der Waals surface area (Å²) in [4.78, 5) is 0. The molecule has 2 unspecified atom stereocenters. The number of hydrogen-bond donors (Lipinski definition) is 0. The molecule has 0 saturated heterocycles. The lowest BCUT2D eigenvalue weighted by molar-refractivity contribution is 1.93. The first-order valence-electron chi connectivity index (χ1n) is 1.96. The van der Waals surface area contributed by atoms with Crippen LogP contribution in [0.25, 0.3) is 0 Å². The highest BCUT2D eigenvalue weighted by atomic mass is 31.1. The molecule has 38 valence electrons. The second-order valence-electron chi connectivity index (χ2n) is 0.878. The van der Waals surface area contributed by atoms with Gasteiger partial charge in [-0.15, -0.1) is 15.2 Å². The van der Waals surface area contributed by atoms with E-state index >= 15 is 0 Å². The summed E-state index contributed by atoms with van der Waals surface area (Å²) >= 11 is 0. The molecular weight excluding hydrogens is 122 g/mol. The average Bonchev–Trinajstić information content (AvgIpc) is 1.69. The van der Waals surface area contributed by atoms with Gasteiger partial charge in [0.05, 0.1) is 0 Å². The van der Waals surface area contributed by atoms with Gasteiger partial charge in [0.1, 0.15) is 0 Å². The second-order valence-corrected chi connectivity index (χ2v) is 2.14. The molecule has 0 bridgehead atoms. The van der Waals surface area contributed by atoms with Crippen molar-refractivity contribution < 1.29 is 0 Å². The van der Waals surface area contributed by atoms with E-state index in [1.165, 1.54) is 0 Å². The molecule has 0 rings (SSSR count). The van der Waals surface area contributed by atoms with Crippen LogP contribution in [-0.4, -0.2) is 0 Å². The fourth-order valence-corrected chi connectivity index (χ4v) is 0.775. The van der Waals surface area contributed by atoms with E-state index < -0.39 is 0 Å². The molecule has 0 N–H and O–H groups in total. The Morgan fingerprint density at radius 1 is 1.71 bits per heavy atom. The Hall–Kier alpha value is 0.160. The van der Waals surface area contributed by atoms with Gasteiger partial charge in [-0.3, -0.25) is 0 Å². The van der Waals surface area contributed by atoms with E-state index in [0.29, 0.717) is 8.58 Å². The van der Waals surface area contributed by atoms with Crippen molar-refractivity contribution in [3.63, 3.8) is 0 Å². The van der Waals surface area contributed by atoms with Crippen LogP contribution < -0.4 is 0 Å². The summed E-state index contributed by atoms with van der Waals surface area (Å²) in [7, 11) is 3.18. The number of hydrogen-bond acceptors (Lipinski definition) is 0. The Labute approximate surface area is 48.8 Å². The fourth-order valence-electron chi connectivity index (χ4n) is 0.162. The Morgan fingerprint density at radius 3 is 2.86 bits per heavy atom. The summed E-state index contributed by atoms with van der Waals surface area (Å²) in [5, 5.41) is 0. The minimum atomic E-state index is 0.670. The van der Waals surface area contributed by atoms with Gasteiger partial charge in [-0.1, -0.05) is 17.3 Å². The summed E-state index contributed by atoms with van der Waals surface area (Å²) < 4.78 is 0. The van der Waals surface area contributed by atoms with Crippen molar-refractivity contribution in [1.82, 2.24) is 0 Å². The Kier molecular flexibility index (Phi) is 6.30. The Balaban J connectivity index is 3.09. The van der Waals surface area contributed by atoms with E-state index in [2.05, 4.69) is 20.8 Å². The Morgan fingerprint density at radius 2 is 2.43 bits per heavy atom. The van der Waals surface area contributed by atoms with Crippen LogP contribution in [0.3, 0.4) is 0 Å². The molecular formula is C5H8P2. The van der Waals surface area contributed by atoms with E-state index in [-0.39, 0.29) is 0 Å².